The van der Waals surface area contributed by atoms with E-state index >= 15 is 0 Å². The maximum Gasteiger partial charge on any atom is 0.407 e. The molecule has 20 heavy (non-hydrogen) atoms. The number of likely N-dealkylation sites (tertiary alicyclic amines) is 1. The van der Waals surface area contributed by atoms with Gasteiger partial charge in [0, 0.05) is 6.04 Å². The molecule has 2 rings (SSSR count). The summed E-state index contributed by atoms with van der Waals surface area (Å²) in [6.45, 7) is 3.73. The second-order valence-electron chi connectivity index (χ2n) is 5.87. The van der Waals surface area contributed by atoms with E-state index in [1.54, 1.807) is 4.90 Å². The minimum atomic E-state index is -0.649. The van der Waals surface area contributed by atoms with Crippen molar-refractivity contribution in [2.45, 2.75) is 44.8 Å². The second kappa shape index (κ2) is 5.30. The average Bonchev–Trinajstić information content (AvgIpc) is 3.05. The van der Waals surface area contributed by atoms with Crippen molar-refractivity contribution in [2.24, 2.45) is 17.6 Å². The number of nitrogens with zero attached hydrogens (tertiary/aromatic N) is 1. The fraction of sp³-hybridized carbons (Fsp3) is 0.769. The van der Waals surface area contributed by atoms with Gasteiger partial charge >= 0.3 is 6.09 Å². The zero-order valence-electron chi connectivity index (χ0n) is 12.1. The number of ether oxygens (including phenoxy) is 1. The summed E-state index contributed by atoms with van der Waals surface area (Å²) in [7, 11) is 1.27. The standard InChI is InChI=1S/C13H22N4O3/c1-6(2)10(16-13(19)20-3)12(18)17-8-4-7(8)5-9(17)11(14)15/h6-10H,4-5H2,1-3H3,(H3,14,15)(H,16,19)/t7?,8?,9-,10-/m0/s1. The van der Waals surface area contributed by atoms with Crippen molar-refractivity contribution < 1.29 is 14.3 Å². The first-order chi connectivity index (χ1) is 9.36. The summed E-state index contributed by atoms with van der Waals surface area (Å²) in [5.41, 5.74) is 5.59. The van der Waals surface area contributed by atoms with Crippen LogP contribution in [0.15, 0.2) is 0 Å². The first-order valence-electron chi connectivity index (χ1n) is 6.87. The summed E-state index contributed by atoms with van der Waals surface area (Å²) in [5, 5.41) is 10.2. The summed E-state index contributed by atoms with van der Waals surface area (Å²) >= 11 is 0. The highest BCUT2D eigenvalue weighted by molar-refractivity contribution is 5.93. The fourth-order valence-corrected chi connectivity index (χ4v) is 2.91. The minimum Gasteiger partial charge on any atom is -0.453 e. The summed E-state index contributed by atoms with van der Waals surface area (Å²) in [4.78, 5) is 25.8. The van der Waals surface area contributed by atoms with E-state index in [-0.39, 0.29) is 29.7 Å². The Morgan fingerprint density at radius 1 is 1.40 bits per heavy atom. The van der Waals surface area contributed by atoms with Gasteiger partial charge in [0.1, 0.15) is 11.9 Å². The molecule has 1 saturated carbocycles. The molecule has 2 aliphatic rings. The number of rotatable bonds is 4. The maximum atomic E-state index is 12.7. The van der Waals surface area contributed by atoms with Gasteiger partial charge in [-0.05, 0) is 24.7 Å². The lowest BCUT2D eigenvalue weighted by Gasteiger charge is -2.32. The highest BCUT2D eigenvalue weighted by Gasteiger charge is 2.55. The molecule has 112 valence electrons. The number of carbonyl (C=O) groups excluding carboxylic acids is 2. The fourth-order valence-electron chi connectivity index (χ4n) is 2.91. The van der Waals surface area contributed by atoms with E-state index in [4.69, 9.17) is 11.1 Å². The van der Waals surface area contributed by atoms with Crippen LogP contribution >= 0.6 is 0 Å². The first kappa shape index (κ1) is 14.6. The Hall–Kier alpha value is -1.79. The molecule has 0 aromatic rings. The number of nitrogens with one attached hydrogen (secondary N) is 2. The Morgan fingerprint density at radius 2 is 2.05 bits per heavy atom. The van der Waals surface area contributed by atoms with Gasteiger partial charge in [0.25, 0.3) is 0 Å². The lowest BCUT2D eigenvalue weighted by atomic mass is 10.0. The third kappa shape index (κ3) is 2.57. The normalized spacial score (nSPS) is 28.8. The van der Waals surface area contributed by atoms with Crippen molar-refractivity contribution in [2.75, 3.05) is 7.11 Å². The highest BCUT2D eigenvalue weighted by Crippen LogP contribution is 2.48. The third-order valence-electron chi connectivity index (χ3n) is 4.11. The van der Waals surface area contributed by atoms with Crippen LogP contribution in [0.4, 0.5) is 4.79 Å². The minimum absolute atomic E-state index is 0.0196. The van der Waals surface area contributed by atoms with Crippen molar-refractivity contribution >= 4 is 17.8 Å². The molecule has 0 spiro atoms. The van der Waals surface area contributed by atoms with Crippen molar-refractivity contribution in [3.8, 4) is 0 Å². The molecule has 0 aromatic heterocycles. The Morgan fingerprint density at radius 3 is 2.55 bits per heavy atom. The lowest BCUT2D eigenvalue weighted by molar-refractivity contribution is -0.135. The van der Waals surface area contributed by atoms with E-state index in [2.05, 4.69) is 10.1 Å². The quantitative estimate of drug-likeness (QED) is 0.508. The number of nitrogens with two attached hydrogens (primary N) is 1. The number of methoxy groups -OCH3 is 1. The SMILES string of the molecule is COC(=O)N[C@H](C(=O)N1C2CC2C[C@H]1C(=N)N)C(C)C. The van der Waals surface area contributed by atoms with Gasteiger partial charge in [-0.25, -0.2) is 4.79 Å². The molecule has 4 N–H and O–H groups in total. The number of hydrogen-bond acceptors (Lipinski definition) is 4. The smallest absolute Gasteiger partial charge is 0.407 e. The summed E-state index contributed by atoms with van der Waals surface area (Å²) in [6, 6.07) is -0.798. The molecule has 2 amide bonds. The molecule has 4 atom stereocenters. The molecule has 0 aromatic carbocycles. The monoisotopic (exact) mass is 282 g/mol. The molecule has 1 saturated heterocycles. The zero-order valence-corrected chi connectivity index (χ0v) is 12.1. The Kier molecular flexibility index (Phi) is 3.87. The molecule has 7 nitrogen and oxygen atoms in total. The molecule has 7 heteroatoms. The Labute approximate surface area is 118 Å². The Balaban J connectivity index is 2.14. The topological polar surface area (TPSA) is 109 Å². The van der Waals surface area contributed by atoms with Crippen LogP contribution in [0.5, 0.6) is 0 Å². The molecule has 2 unspecified atom stereocenters. The molecule has 1 aliphatic carbocycles. The van der Waals surface area contributed by atoms with Crippen LogP contribution in [0.1, 0.15) is 26.7 Å². The number of piperidine rings is 1. The maximum absolute atomic E-state index is 12.7. The van der Waals surface area contributed by atoms with Crippen LogP contribution in [-0.2, 0) is 9.53 Å². The number of amidine groups is 1. The average molecular weight is 282 g/mol. The molecule has 0 radical (unpaired) electrons. The second-order valence-corrected chi connectivity index (χ2v) is 5.87. The van der Waals surface area contributed by atoms with Crippen LogP contribution < -0.4 is 11.1 Å². The number of carbonyl (C=O) groups is 2. The van der Waals surface area contributed by atoms with E-state index in [0.29, 0.717) is 5.92 Å². The van der Waals surface area contributed by atoms with Crippen molar-refractivity contribution in [3.05, 3.63) is 0 Å². The van der Waals surface area contributed by atoms with E-state index < -0.39 is 12.1 Å². The van der Waals surface area contributed by atoms with E-state index in [9.17, 15) is 9.59 Å². The largest absolute Gasteiger partial charge is 0.453 e. The number of fused-ring (bicyclic) bond motifs is 1. The van der Waals surface area contributed by atoms with Gasteiger partial charge in [0.15, 0.2) is 0 Å². The van der Waals surface area contributed by atoms with Crippen LogP contribution in [-0.4, -0.2) is 48.0 Å². The number of hydrogen-bond donors (Lipinski definition) is 3. The Bertz CT molecular complexity index is 437. The van der Waals surface area contributed by atoms with Gasteiger partial charge in [-0.15, -0.1) is 0 Å². The van der Waals surface area contributed by atoms with E-state index in [1.807, 2.05) is 13.8 Å². The van der Waals surface area contributed by atoms with Gasteiger partial charge in [-0.3, -0.25) is 10.2 Å². The van der Waals surface area contributed by atoms with E-state index in [1.165, 1.54) is 7.11 Å². The number of alkyl carbamates (subject to hydrolysis) is 1. The number of amides is 2. The van der Waals surface area contributed by atoms with Crippen LogP contribution in [0, 0.1) is 17.2 Å². The van der Waals surface area contributed by atoms with Gasteiger partial charge in [0.2, 0.25) is 5.91 Å². The summed E-state index contributed by atoms with van der Waals surface area (Å²) in [5.74, 6) is 0.243. The van der Waals surface area contributed by atoms with Gasteiger partial charge < -0.3 is 20.7 Å². The predicted octanol–water partition coefficient (Wildman–Crippen LogP) is 0.292. The summed E-state index contributed by atoms with van der Waals surface area (Å²) in [6.07, 6.45) is 1.11. The predicted molar refractivity (Wildman–Crippen MR) is 73.2 cm³/mol. The van der Waals surface area contributed by atoms with Crippen LogP contribution in [0.2, 0.25) is 0 Å². The van der Waals surface area contributed by atoms with Crippen LogP contribution in [0.3, 0.4) is 0 Å². The third-order valence-corrected chi connectivity index (χ3v) is 4.11. The first-order valence-corrected chi connectivity index (χ1v) is 6.87. The summed E-state index contributed by atoms with van der Waals surface area (Å²) < 4.78 is 4.57. The molecule has 2 fully saturated rings. The molecule has 1 heterocycles. The zero-order chi connectivity index (χ0) is 15.0. The lowest BCUT2D eigenvalue weighted by Crippen LogP contribution is -2.55. The van der Waals surface area contributed by atoms with Crippen LogP contribution in [0.25, 0.3) is 0 Å². The van der Waals surface area contributed by atoms with Gasteiger partial charge in [0.05, 0.1) is 13.2 Å². The van der Waals surface area contributed by atoms with E-state index in [0.717, 1.165) is 12.8 Å². The van der Waals surface area contributed by atoms with Crippen molar-refractivity contribution in [3.63, 3.8) is 0 Å². The molecular weight excluding hydrogens is 260 g/mol. The molecule has 0 bridgehead atoms. The molecular formula is C13H22N4O3. The van der Waals surface area contributed by atoms with Gasteiger partial charge in [-0.1, -0.05) is 13.8 Å². The highest BCUT2D eigenvalue weighted by atomic mass is 16.5. The van der Waals surface area contributed by atoms with Gasteiger partial charge in [-0.2, -0.15) is 0 Å². The molecule has 1 aliphatic heterocycles. The van der Waals surface area contributed by atoms with Crippen molar-refractivity contribution in [1.29, 1.82) is 5.41 Å². The van der Waals surface area contributed by atoms with Crippen molar-refractivity contribution in [1.82, 2.24) is 10.2 Å².